The molecule has 0 spiro atoms. The summed E-state index contributed by atoms with van der Waals surface area (Å²) in [6.07, 6.45) is 2.94. The molecule has 1 unspecified atom stereocenters. The lowest BCUT2D eigenvalue weighted by Gasteiger charge is -2.24. The third-order valence-corrected chi connectivity index (χ3v) is 4.71. The van der Waals surface area contributed by atoms with Crippen LogP contribution in [-0.4, -0.2) is 37.0 Å². The van der Waals surface area contributed by atoms with E-state index in [1.165, 1.54) is 5.56 Å². The van der Waals surface area contributed by atoms with Crippen molar-refractivity contribution in [3.63, 3.8) is 0 Å². The van der Waals surface area contributed by atoms with Gasteiger partial charge in [-0.2, -0.15) is 0 Å². The number of nitrogens with one attached hydrogen (secondary N) is 1. The molecule has 1 N–H and O–H groups in total. The summed E-state index contributed by atoms with van der Waals surface area (Å²) in [7, 11) is 1.66. The number of hydrogen-bond acceptors (Lipinski definition) is 3. The number of carbonyl (C=O) groups is 1. The molecule has 2 aromatic rings. The molecule has 132 valence electrons. The normalized spacial score (nSPS) is 15.2. The van der Waals surface area contributed by atoms with Crippen LogP contribution in [0.3, 0.4) is 0 Å². The second-order valence-electron chi connectivity index (χ2n) is 6.50. The Hall–Kier alpha value is -2.33. The Labute approximate surface area is 149 Å². The Morgan fingerprint density at radius 2 is 1.72 bits per heavy atom. The average Bonchev–Trinajstić information content (AvgIpc) is 3.20. The highest BCUT2D eigenvalue weighted by atomic mass is 16.5. The summed E-state index contributed by atoms with van der Waals surface area (Å²) >= 11 is 0. The summed E-state index contributed by atoms with van der Waals surface area (Å²) in [6, 6.07) is 18.0. The smallest absolute Gasteiger partial charge is 0.240 e. The number of ether oxygens (including phenoxy) is 1. The molecule has 1 aliphatic heterocycles. The fraction of sp³-hybridized carbons (Fsp3) is 0.381. The maximum absolute atomic E-state index is 12.9. The number of amides is 1. The molecule has 1 aliphatic rings. The number of rotatable bonds is 7. The lowest BCUT2D eigenvalue weighted by molar-refractivity contribution is -0.132. The van der Waals surface area contributed by atoms with Crippen LogP contribution >= 0.6 is 0 Å². The average molecular weight is 338 g/mol. The molecular formula is C21H26N2O2. The topological polar surface area (TPSA) is 41.6 Å². The second-order valence-corrected chi connectivity index (χ2v) is 6.50. The molecule has 0 saturated carbocycles. The summed E-state index contributed by atoms with van der Waals surface area (Å²) in [5.74, 6) is 1.06. The van der Waals surface area contributed by atoms with E-state index in [2.05, 4.69) is 17.4 Å². The van der Waals surface area contributed by atoms with E-state index >= 15 is 0 Å². The summed E-state index contributed by atoms with van der Waals surface area (Å²) in [5.41, 5.74) is 2.33. The molecule has 1 amide bonds. The first-order chi connectivity index (χ1) is 12.3. The third kappa shape index (κ3) is 4.83. The molecule has 1 heterocycles. The van der Waals surface area contributed by atoms with E-state index in [-0.39, 0.29) is 11.9 Å². The first kappa shape index (κ1) is 17.5. The van der Waals surface area contributed by atoms with Crippen LogP contribution in [0.1, 0.15) is 24.0 Å². The number of likely N-dealkylation sites (tertiary alicyclic amines) is 1. The fourth-order valence-corrected chi connectivity index (χ4v) is 3.24. The van der Waals surface area contributed by atoms with Gasteiger partial charge in [0.2, 0.25) is 5.91 Å². The van der Waals surface area contributed by atoms with Gasteiger partial charge in [-0.05, 0) is 42.5 Å². The van der Waals surface area contributed by atoms with Gasteiger partial charge in [0.1, 0.15) is 5.75 Å². The van der Waals surface area contributed by atoms with Gasteiger partial charge < -0.3 is 15.0 Å². The molecule has 0 bridgehead atoms. The number of carbonyl (C=O) groups excluding carboxylic acids is 1. The summed E-state index contributed by atoms with van der Waals surface area (Å²) in [4.78, 5) is 14.9. The molecule has 0 aliphatic carbocycles. The molecule has 4 heteroatoms. The van der Waals surface area contributed by atoms with Gasteiger partial charge in [0.25, 0.3) is 0 Å². The molecule has 4 nitrogen and oxygen atoms in total. The van der Waals surface area contributed by atoms with Crippen molar-refractivity contribution in [1.82, 2.24) is 10.2 Å². The van der Waals surface area contributed by atoms with Gasteiger partial charge in [-0.15, -0.1) is 0 Å². The van der Waals surface area contributed by atoms with Gasteiger partial charge in [0, 0.05) is 19.6 Å². The standard InChI is InChI=1S/C21H26N2O2/c1-25-19-11-9-18(10-12-19)16-22-20(15-17-7-3-2-4-8-17)21(24)23-13-5-6-14-23/h2-4,7-12,20,22H,5-6,13-16H2,1H3. The van der Waals surface area contributed by atoms with Gasteiger partial charge in [-0.25, -0.2) is 0 Å². The molecule has 0 aromatic heterocycles. The predicted molar refractivity (Wildman–Crippen MR) is 99.6 cm³/mol. The van der Waals surface area contributed by atoms with E-state index in [0.29, 0.717) is 13.0 Å². The maximum atomic E-state index is 12.9. The molecule has 25 heavy (non-hydrogen) atoms. The van der Waals surface area contributed by atoms with Crippen molar-refractivity contribution in [2.24, 2.45) is 0 Å². The Morgan fingerprint density at radius 1 is 1.04 bits per heavy atom. The Kier molecular flexibility index (Phi) is 6.07. The van der Waals surface area contributed by atoms with E-state index in [1.54, 1.807) is 7.11 Å². The summed E-state index contributed by atoms with van der Waals surface area (Å²) in [5, 5.41) is 3.47. The molecule has 1 fully saturated rings. The quantitative estimate of drug-likeness (QED) is 0.844. The summed E-state index contributed by atoms with van der Waals surface area (Å²) in [6.45, 7) is 2.43. The minimum atomic E-state index is -0.192. The van der Waals surface area contributed by atoms with Crippen LogP contribution in [0, 0.1) is 0 Å². The van der Waals surface area contributed by atoms with Gasteiger partial charge in [-0.3, -0.25) is 4.79 Å². The minimum absolute atomic E-state index is 0.192. The van der Waals surface area contributed by atoms with Crippen molar-refractivity contribution in [1.29, 1.82) is 0 Å². The van der Waals surface area contributed by atoms with Crippen molar-refractivity contribution in [2.45, 2.75) is 31.8 Å². The van der Waals surface area contributed by atoms with Crippen LogP contribution in [0.15, 0.2) is 54.6 Å². The van der Waals surface area contributed by atoms with E-state index in [9.17, 15) is 4.79 Å². The highest BCUT2D eigenvalue weighted by Gasteiger charge is 2.26. The van der Waals surface area contributed by atoms with Crippen LogP contribution in [0.4, 0.5) is 0 Å². The molecule has 1 atom stereocenters. The van der Waals surface area contributed by atoms with Gasteiger partial charge in [-0.1, -0.05) is 42.5 Å². The summed E-state index contributed by atoms with van der Waals surface area (Å²) < 4.78 is 5.20. The van der Waals surface area contributed by atoms with E-state index < -0.39 is 0 Å². The zero-order valence-corrected chi connectivity index (χ0v) is 14.8. The SMILES string of the molecule is COc1ccc(CNC(Cc2ccccc2)C(=O)N2CCCC2)cc1. The van der Waals surface area contributed by atoms with Gasteiger partial charge >= 0.3 is 0 Å². The highest BCUT2D eigenvalue weighted by molar-refractivity contribution is 5.82. The fourth-order valence-electron chi connectivity index (χ4n) is 3.24. The van der Waals surface area contributed by atoms with Crippen LogP contribution in [0.2, 0.25) is 0 Å². The van der Waals surface area contributed by atoms with Crippen molar-refractivity contribution in [3.05, 3.63) is 65.7 Å². The number of hydrogen-bond donors (Lipinski definition) is 1. The zero-order chi connectivity index (χ0) is 17.5. The predicted octanol–water partition coefficient (Wildman–Crippen LogP) is 3.02. The monoisotopic (exact) mass is 338 g/mol. The number of nitrogens with zero attached hydrogens (tertiary/aromatic N) is 1. The molecular weight excluding hydrogens is 312 g/mol. The van der Waals surface area contributed by atoms with Crippen molar-refractivity contribution >= 4 is 5.91 Å². The van der Waals surface area contributed by atoms with Gasteiger partial charge in [0.05, 0.1) is 13.2 Å². The lowest BCUT2D eigenvalue weighted by atomic mass is 10.0. The zero-order valence-electron chi connectivity index (χ0n) is 14.8. The second kappa shape index (κ2) is 8.67. The van der Waals surface area contributed by atoms with Crippen LogP contribution in [0.25, 0.3) is 0 Å². The first-order valence-electron chi connectivity index (χ1n) is 8.95. The lowest BCUT2D eigenvalue weighted by Crippen LogP contribution is -2.46. The molecule has 3 rings (SSSR count). The van der Waals surface area contributed by atoms with Crippen LogP contribution < -0.4 is 10.1 Å². The Morgan fingerprint density at radius 3 is 2.36 bits per heavy atom. The van der Waals surface area contributed by atoms with Crippen LogP contribution in [0.5, 0.6) is 5.75 Å². The third-order valence-electron chi connectivity index (χ3n) is 4.71. The van der Waals surface area contributed by atoms with Crippen molar-refractivity contribution in [3.8, 4) is 5.75 Å². The van der Waals surface area contributed by atoms with Crippen molar-refractivity contribution < 1.29 is 9.53 Å². The maximum Gasteiger partial charge on any atom is 0.240 e. The molecule has 1 saturated heterocycles. The minimum Gasteiger partial charge on any atom is -0.497 e. The highest BCUT2D eigenvalue weighted by Crippen LogP contribution is 2.14. The Balaban J connectivity index is 1.67. The largest absolute Gasteiger partial charge is 0.497 e. The number of methoxy groups -OCH3 is 1. The first-order valence-corrected chi connectivity index (χ1v) is 8.95. The van der Waals surface area contributed by atoms with Gasteiger partial charge in [0.15, 0.2) is 0 Å². The van der Waals surface area contributed by atoms with E-state index in [1.807, 2.05) is 47.4 Å². The van der Waals surface area contributed by atoms with Crippen LogP contribution in [-0.2, 0) is 17.8 Å². The van der Waals surface area contributed by atoms with E-state index in [4.69, 9.17) is 4.74 Å². The van der Waals surface area contributed by atoms with E-state index in [0.717, 1.165) is 37.2 Å². The van der Waals surface area contributed by atoms with Crippen molar-refractivity contribution in [2.75, 3.05) is 20.2 Å². The molecule has 0 radical (unpaired) electrons. The Bertz CT molecular complexity index is 664. The number of benzene rings is 2. The molecule has 2 aromatic carbocycles.